The second-order valence-corrected chi connectivity index (χ2v) is 10.5. The van der Waals surface area contributed by atoms with Crippen molar-refractivity contribution in [2.24, 2.45) is 0 Å². The van der Waals surface area contributed by atoms with Crippen molar-refractivity contribution < 1.29 is 0 Å². The average molecular weight is 170 g/mol. The summed E-state index contributed by atoms with van der Waals surface area (Å²) < 4.78 is 0. The van der Waals surface area contributed by atoms with E-state index in [0.717, 1.165) is 5.04 Å². The van der Waals surface area contributed by atoms with Crippen LogP contribution in [0.2, 0.25) is 24.2 Å². The molecule has 1 fully saturated rings. The summed E-state index contributed by atoms with van der Waals surface area (Å²) in [5.41, 5.74) is 0. The van der Waals surface area contributed by atoms with Gasteiger partial charge in [-0.2, -0.15) is 0 Å². The lowest BCUT2D eigenvalue weighted by Crippen LogP contribution is -2.42. The van der Waals surface area contributed by atoms with Crippen LogP contribution in [0.4, 0.5) is 0 Å². The quantitative estimate of drug-likeness (QED) is 0.521. The maximum atomic E-state index is 2.58. The smallest absolute Gasteiger partial charge is 0.0533 e. The highest BCUT2D eigenvalue weighted by Gasteiger charge is 2.42. The van der Waals surface area contributed by atoms with Crippen molar-refractivity contribution in [2.45, 2.75) is 63.7 Å². The maximum Gasteiger partial charge on any atom is 0.0533 e. The van der Waals surface area contributed by atoms with Crippen molar-refractivity contribution >= 4 is 8.07 Å². The first-order valence-electron chi connectivity index (χ1n) is 5.02. The van der Waals surface area contributed by atoms with Crippen molar-refractivity contribution in [1.82, 2.24) is 0 Å². The lowest BCUT2D eigenvalue weighted by atomic mass is 9.99. The highest BCUT2D eigenvalue weighted by molar-refractivity contribution is 6.80. The molecule has 0 aromatic heterocycles. The van der Waals surface area contributed by atoms with Gasteiger partial charge in [0.15, 0.2) is 0 Å². The van der Waals surface area contributed by atoms with E-state index in [-0.39, 0.29) is 0 Å². The summed E-state index contributed by atoms with van der Waals surface area (Å²) in [6, 6.07) is 1.57. The zero-order chi connectivity index (χ0) is 8.54. The molecular weight excluding hydrogens is 148 g/mol. The first kappa shape index (κ1) is 9.31. The normalized spacial score (nSPS) is 37.1. The van der Waals surface area contributed by atoms with E-state index in [0.29, 0.717) is 0 Å². The lowest BCUT2D eigenvalue weighted by Gasteiger charge is -2.46. The zero-order valence-electron chi connectivity index (χ0n) is 8.54. The van der Waals surface area contributed by atoms with Crippen LogP contribution >= 0.6 is 0 Å². The first-order chi connectivity index (χ1) is 5.02. The summed E-state index contributed by atoms with van der Waals surface area (Å²) in [6.45, 7) is 10.1. The fourth-order valence-corrected chi connectivity index (χ4v) is 5.93. The molecule has 1 heterocycles. The van der Waals surface area contributed by atoms with Gasteiger partial charge in [-0.3, -0.25) is 0 Å². The van der Waals surface area contributed by atoms with E-state index in [1.807, 2.05) is 0 Å². The fraction of sp³-hybridized carbons (Fsp3) is 1.00. The molecule has 0 saturated carbocycles. The molecule has 1 aliphatic heterocycles. The van der Waals surface area contributed by atoms with E-state index in [4.69, 9.17) is 0 Å². The van der Waals surface area contributed by atoms with E-state index in [1.54, 1.807) is 6.04 Å². The molecule has 0 spiro atoms. The van der Waals surface area contributed by atoms with Gasteiger partial charge < -0.3 is 0 Å². The Bertz CT molecular complexity index is 140. The van der Waals surface area contributed by atoms with Crippen LogP contribution in [0.3, 0.4) is 0 Å². The molecule has 66 valence electrons. The third-order valence-corrected chi connectivity index (χ3v) is 9.67. The minimum Gasteiger partial charge on any atom is -0.0690 e. The van der Waals surface area contributed by atoms with Gasteiger partial charge in [0.05, 0.1) is 8.07 Å². The van der Waals surface area contributed by atoms with E-state index in [9.17, 15) is 0 Å². The zero-order valence-corrected chi connectivity index (χ0v) is 9.54. The standard InChI is InChI=1S/C10H22Si/c1-5-10(2)8-6-7-9-11(10,3)4/h5-9H2,1-4H3. The van der Waals surface area contributed by atoms with Crippen LogP contribution in [-0.2, 0) is 0 Å². The summed E-state index contributed by atoms with van der Waals surface area (Å²) in [4.78, 5) is 0. The fourth-order valence-electron chi connectivity index (χ4n) is 2.38. The minimum atomic E-state index is -0.844. The number of hydrogen-bond donors (Lipinski definition) is 0. The lowest BCUT2D eigenvalue weighted by molar-refractivity contribution is 0.461. The highest BCUT2D eigenvalue weighted by atomic mass is 28.3. The van der Waals surface area contributed by atoms with Crippen LogP contribution in [0.5, 0.6) is 0 Å². The first-order valence-corrected chi connectivity index (χ1v) is 8.22. The van der Waals surface area contributed by atoms with Gasteiger partial charge in [0.25, 0.3) is 0 Å². The van der Waals surface area contributed by atoms with Gasteiger partial charge in [-0.25, -0.2) is 0 Å². The van der Waals surface area contributed by atoms with E-state index in [1.165, 1.54) is 25.7 Å². The largest absolute Gasteiger partial charge is 0.0690 e. The van der Waals surface area contributed by atoms with Crippen molar-refractivity contribution in [3.8, 4) is 0 Å². The van der Waals surface area contributed by atoms with Crippen LogP contribution < -0.4 is 0 Å². The molecule has 0 nitrogen and oxygen atoms in total. The van der Waals surface area contributed by atoms with Crippen molar-refractivity contribution in [2.75, 3.05) is 0 Å². The van der Waals surface area contributed by atoms with E-state index >= 15 is 0 Å². The molecule has 1 unspecified atom stereocenters. The molecule has 0 aliphatic carbocycles. The van der Waals surface area contributed by atoms with Crippen molar-refractivity contribution in [3.05, 3.63) is 0 Å². The monoisotopic (exact) mass is 170 g/mol. The molecule has 1 atom stereocenters. The number of hydrogen-bond acceptors (Lipinski definition) is 0. The van der Waals surface area contributed by atoms with Crippen LogP contribution in [0, 0.1) is 0 Å². The molecule has 0 aromatic rings. The summed E-state index contributed by atoms with van der Waals surface area (Å²) in [5, 5.41) is 0.755. The number of rotatable bonds is 1. The second kappa shape index (κ2) is 2.93. The average Bonchev–Trinajstić information content (AvgIpc) is 1.95. The third kappa shape index (κ3) is 1.53. The highest BCUT2D eigenvalue weighted by Crippen LogP contribution is 2.51. The Hall–Kier alpha value is 0.217. The van der Waals surface area contributed by atoms with Crippen LogP contribution in [0.15, 0.2) is 0 Å². The molecule has 0 N–H and O–H groups in total. The molecule has 1 aliphatic rings. The van der Waals surface area contributed by atoms with Crippen molar-refractivity contribution in [1.29, 1.82) is 0 Å². The van der Waals surface area contributed by atoms with Crippen molar-refractivity contribution in [3.63, 3.8) is 0 Å². The van der Waals surface area contributed by atoms with Crippen LogP contribution in [-0.4, -0.2) is 8.07 Å². The summed E-state index contributed by atoms with van der Waals surface area (Å²) in [5.74, 6) is 0. The summed E-state index contributed by atoms with van der Waals surface area (Å²) in [7, 11) is -0.844. The molecule has 0 aromatic carbocycles. The van der Waals surface area contributed by atoms with Gasteiger partial charge >= 0.3 is 0 Å². The molecule has 0 bridgehead atoms. The molecule has 0 radical (unpaired) electrons. The van der Waals surface area contributed by atoms with E-state index in [2.05, 4.69) is 26.9 Å². The van der Waals surface area contributed by atoms with Crippen LogP contribution in [0.1, 0.15) is 39.5 Å². The predicted octanol–water partition coefficient (Wildman–Crippen LogP) is 4.05. The van der Waals surface area contributed by atoms with Gasteiger partial charge in [-0.05, 0) is 5.04 Å². The molecule has 0 amide bonds. The predicted molar refractivity (Wildman–Crippen MR) is 54.8 cm³/mol. The molecular formula is C10H22Si. The Labute approximate surface area is 72.4 Å². The van der Waals surface area contributed by atoms with Gasteiger partial charge in [-0.15, -0.1) is 0 Å². The minimum absolute atomic E-state index is 0.755. The molecule has 11 heavy (non-hydrogen) atoms. The Kier molecular flexibility index (Phi) is 2.48. The van der Waals surface area contributed by atoms with Gasteiger partial charge in [0, 0.05) is 0 Å². The molecule has 1 rings (SSSR count). The Morgan fingerprint density at radius 2 is 1.91 bits per heavy atom. The Morgan fingerprint density at radius 3 is 2.27 bits per heavy atom. The topological polar surface area (TPSA) is 0 Å². The second-order valence-electron chi connectivity index (χ2n) is 5.01. The summed E-state index contributed by atoms with van der Waals surface area (Å²) >= 11 is 0. The van der Waals surface area contributed by atoms with Gasteiger partial charge in [0.2, 0.25) is 0 Å². The van der Waals surface area contributed by atoms with Gasteiger partial charge in [0.1, 0.15) is 0 Å². The Balaban J connectivity index is 2.74. The van der Waals surface area contributed by atoms with Gasteiger partial charge in [-0.1, -0.05) is 58.7 Å². The SMILES string of the molecule is CCC1(C)CCCC[Si]1(C)C. The molecule has 1 saturated heterocycles. The van der Waals surface area contributed by atoms with Crippen LogP contribution in [0.25, 0.3) is 0 Å². The summed E-state index contributed by atoms with van der Waals surface area (Å²) in [6.07, 6.45) is 5.91. The van der Waals surface area contributed by atoms with E-state index < -0.39 is 8.07 Å². The Morgan fingerprint density at radius 1 is 1.27 bits per heavy atom. The third-order valence-electron chi connectivity index (χ3n) is 4.19. The maximum absolute atomic E-state index is 2.58. The molecule has 1 heteroatoms.